The molecule has 0 saturated heterocycles. The molecule has 1 heterocycles. The van der Waals surface area contributed by atoms with E-state index in [4.69, 9.17) is 5.73 Å². The summed E-state index contributed by atoms with van der Waals surface area (Å²) in [5, 5.41) is 2.56. The fraction of sp³-hybridized carbons (Fsp3) is 0.400. The lowest BCUT2D eigenvalue weighted by molar-refractivity contribution is 0.455. The molecule has 1 aromatic heterocycles. The number of hydrogen-bond donors (Lipinski definition) is 1. The van der Waals surface area contributed by atoms with Crippen molar-refractivity contribution in [3.05, 3.63) is 42.2 Å². The monoisotopic (exact) mass is 226 g/mol. The molecule has 1 saturated carbocycles. The molecule has 2 nitrogen and oxygen atoms in total. The third kappa shape index (κ3) is 1.64. The maximum Gasteiger partial charge on any atom is 0.0346 e. The van der Waals surface area contributed by atoms with Crippen LogP contribution in [-0.4, -0.2) is 11.5 Å². The van der Waals surface area contributed by atoms with Gasteiger partial charge < -0.3 is 5.73 Å². The molecule has 0 amide bonds. The van der Waals surface area contributed by atoms with Crippen molar-refractivity contribution in [2.24, 2.45) is 5.73 Å². The van der Waals surface area contributed by atoms with Gasteiger partial charge in [0, 0.05) is 29.7 Å². The van der Waals surface area contributed by atoms with Crippen LogP contribution < -0.4 is 5.73 Å². The van der Waals surface area contributed by atoms with Crippen molar-refractivity contribution in [3.8, 4) is 0 Å². The van der Waals surface area contributed by atoms with Gasteiger partial charge in [-0.25, -0.2) is 0 Å². The average molecular weight is 226 g/mol. The Bertz CT molecular complexity index is 522. The van der Waals surface area contributed by atoms with Gasteiger partial charge in [-0.2, -0.15) is 0 Å². The van der Waals surface area contributed by atoms with E-state index in [9.17, 15) is 0 Å². The fourth-order valence-electron chi connectivity index (χ4n) is 3.17. The second-order valence-corrected chi connectivity index (χ2v) is 5.10. The number of aromatic nitrogens is 1. The maximum atomic E-state index is 6.06. The highest BCUT2D eigenvalue weighted by Gasteiger charge is 2.35. The first-order valence-corrected chi connectivity index (χ1v) is 6.39. The first-order chi connectivity index (χ1) is 8.36. The summed E-state index contributed by atoms with van der Waals surface area (Å²) in [7, 11) is 0. The van der Waals surface area contributed by atoms with Crippen LogP contribution in [0.5, 0.6) is 0 Å². The summed E-state index contributed by atoms with van der Waals surface area (Å²) in [6.45, 7) is 0.739. The molecule has 1 aromatic carbocycles. The summed E-state index contributed by atoms with van der Waals surface area (Å²) in [5.74, 6) is 0. The van der Waals surface area contributed by atoms with Gasteiger partial charge in [0.15, 0.2) is 0 Å². The first-order valence-electron chi connectivity index (χ1n) is 6.39. The minimum atomic E-state index is 0.174. The maximum absolute atomic E-state index is 6.06. The highest BCUT2D eigenvalue weighted by atomic mass is 14.7. The van der Waals surface area contributed by atoms with Crippen molar-refractivity contribution >= 4 is 10.8 Å². The lowest BCUT2D eigenvalue weighted by Gasteiger charge is -2.28. The number of nitrogens with zero attached hydrogens (tertiary/aromatic N) is 1. The molecule has 1 aliphatic rings. The SMILES string of the molecule is NCC1(c2cncc3ccccc23)CCCC1. The molecule has 0 unspecified atom stereocenters. The molecule has 3 rings (SSSR count). The molecule has 1 aliphatic carbocycles. The van der Waals surface area contributed by atoms with Crippen molar-refractivity contribution in [2.75, 3.05) is 6.54 Å². The van der Waals surface area contributed by atoms with Gasteiger partial charge in [-0.3, -0.25) is 4.98 Å². The van der Waals surface area contributed by atoms with Gasteiger partial charge in [-0.05, 0) is 23.8 Å². The van der Waals surface area contributed by atoms with Gasteiger partial charge in [0.1, 0.15) is 0 Å². The summed E-state index contributed by atoms with van der Waals surface area (Å²) in [6, 6.07) is 8.50. The average Bonchev–Trinajstić information content (AvgIpc) is 2.88. The van der Waals surface area contributed by atoms with E-state index >= 15 is 0 Å². The Kier molecular flexibility index (Phi) is 2.60. The molecule has 2 N–H and O–H groups in total. The predicted octanol–water partition coefficient (Wildman–Crippen LogP) is 3.01. The smallest absolute Gasteiger partial charge is 0.0346 e. The van der Waals surface area contributed by atoms with E-state index in [0.717, 1.165) is 6.54 Å². The Morgan fingerprint density at radius 3 is 2.65 bits per heavy atom. The van der Waals surface area contributed by atoms with E-state index in [1.54, 1.807) is 0 Å². The number of nitrogens with two attached hydrogens (primary N) is 1. The Hall–Kier alpha value is -1.41. The van der Waals surface area contributed by atoms with Crippen LogP contribution in [0.2, 0.25) is 0 Å². The van der Waals surface area contributed by atoms with Crippen LogP contribution in [0.4, 0.5) is 0 Å². The molecule has 0 radical (unpaired) electrons. The van der Waals surface area contributed by atoms with Gasteiger partial charge in [-0.1, -0.05) is 37.1 Å². The van der Waals surface area contributed by atoms with Crippen LogP contribution in [0.1, 0.15) is 31.2 Å². The normalized spacial score (nSPS) is 18.6. The van der Waals surface area contributed by atoms with E-state index in [-0.39, 0.29) is 5.41 Å². The molecule has 2 heteroatoms. The summed E-state index contributed by atoms with van der Waals surface area (Å²) >= 11 is 0. The topological polar surface area (TPSA) is 38.9 Å². The molecule has 88 valence electrons. The van der Waals surface area contributed by atoms with Gasteiger partial charge in [-0.15, -0.1) is 0 Å². The zero-order valence-electron chi connectivity index (χ0n) is 10.0. The molecular formula is C15H18N2. The van der Waals surface area contributed by atoms with Crippen molar-refractivity contribution in [3.63, 3.8) is 0 Å². The Morgan fingerprint density at radius 2 is 1.88 bits per heavy atom. The van der Waals surface area contributed by atoms with Gasteiger partial charge >= 0.3 is 0 Å². The van der Waals surface area contributed by atoms with Crippen LogP contribution in [0, 0.1) is 0 Å². The summed E-state index contributed by atoms with van der Waals surface area (Å²) < 4.78 is 0. The number of fused-ring (bicyclic) bond motifs is 1. The standard InChI is InChI=1S/C15H18N2/c16-11-15(7-3-4-8-15)14-10-17-9-12-5-1-2-6-13(12)14/h1-2,5-6,9-10H,3-4,7-8,11,16H2. The largest absolute Gasteiger partial charge is 0.330 e. The summed E-state index contributed by atoms with van der Waals surface area (Å²) in [4.78, 5) is 4.39. The van der Waals surface area contributed by atoms with Crippen LogP contribution >= 0.6 is 0 Å². The van der Waals surface area contributed by atoms with E-state index in [1.165, 1.54) is 42.0 Å². The minimum Gasteiger partial charge on any atom is -0.330 e. The molecule has 2 aromatic rings. The predicted molar refractivity (Wildman–Crippen MR) is 70.9 cm³/mol. The van der Waals surface area contributed by atoms with Crippen molar-refractivity contribution < 1.29 is 0 Å². The second kappa shape index (κ2) is 4.11. The molecule has 17 heavy (non-hydrogen) atoms. The molecule has 0 aliphatic heterocycles. The van der Waals surface area contributed by atoms with E-state index in [1.807, 2.05) is 12.4 Å². The van der Waals surface area contributed by atoms with Gasteiger partial charge in [0.2, 0.25) is 0 Å². The van der Waals surface area contributed by atoms with Crippen LogP contribution in [0.3, 0.4) is 0 Å². The van der Waals surface area contributed by atoms with Crippen LogP contribution in [0.25, 0.3) is 10.8 Å². The highest BCUT2D eigenvalue weighted by molar-refractivity contribution is 5.85. The first kappa shape index (κ1) is 10.7. The number of hydrogen-bond acceptors (Lipinski definition) is 2. The van der Waals surface area contributed by atoms with Crippen molar-refractivity contribution in [1.29, 1.82) is 0 Å². The fourth-order valence-corrected chi connectivity index (χ4v) is 3.17. The molecular weight excluding hydrogens is 208 g/mol. The van der Waals surface area contributed by atoms with E-state index in [0.29, 0.717) is 0 Å². The summed E-state index contributed by atoms with van der Waals surface area (Å²) in [6.07, 6.45) is 8.97. The Balaban J connectivity index is 2.22. The molecule has 1 fully saturated rings. The number of pyridine rings is 1. The lowest BCUT2D eigenvalue weighted by atomic mass is 9.78. The quantitative estimate of drug-likeness (QED) is 0.855. The Labute approximate surface area is 102 Å². The number of rotatable bonds is 2. The van der Waals surface area contributed by atoms with E-state index in [2.05, 4.69) is 29.2 Å². The lowest BCUT2D eigenvalue weighted by Crippen LogP contribution is -2.32. The van der Waals surface area contributed by atoms with Gasteiger partial charge in [0.05, 0.1) is 0 Å². The van der Waals surface area contributed by atoms with Crippen LogP contribution in [0.15, 0.2) is 36.7 Å². The van der Waals surface area contributed by atoms with Crippen molar-refractivity contribution in [2.45, 2.75) is 31.1 Å². The molecule has 0 atom stereocenters. The van der Waals surface area contributed by atoms with Gasteiger partial charge in [0.25, 0.3) is 0 Å². The molecule has 0 bridgehead atoms. The number of benzene rings is 1. The zero-order chi connectivity index (χ0) is 11.7. The second-order valence-electron chi connectivity index (χ2n) is 5.10. The summed E-state index contributed by atoms with van der Waals surface area (Å²) in [5.41, 5.74) is 7.60. The third-order valence-corrected chi connectivity index (χ3v) is 4.19. The minimum absolute atomic E-state index is 0.174. The van der Waals surface area contributed by atoms with E-state index < -0.39 is 0 Å². The zero-order valence-corrected chi connectivity index (χ0v) is 10.0. The van der Waals surface area contributed by atoms with Crippen LogP contribution in [-0.2, 0) is 5.41 Å². The highest BCUT2D eigenvalue weighted by Crippen LogP contribution is 2.42. The third-order valence-electron chi connectivity index (χ3n) is 4.19. The van der Waals surface area contributed by atoms with Crippen molar-refractivity contribution in [1.82, 2.24) is 4.98 Å². The Morgan fingerprint density at radius 1 is 1.12 bits per heavy atom. The molecule has 0 spiro atoms.